The molecule has 0 radical (unpaired) electrons. The summed E-state index contributed by atoms with van der Waals surface area (Å²) >= 11 is 0. The van der Waals surface area contributed by atoms with E-state index in [-0.39, 0.29) is 23.0 Å². The van der Waals surface area contributed by atoms with Crippen LogP contribution in [0.2, 0.25) is 0 Å². The number of nitrogens with one attached hydrogen (secondary N) is 2. The molecule has 4 rings (SSSR count). The highest BCUT2D eigenvalue weighted by Gasteiger charge is 2.29. The van der Waals surface area contributed by atoms with Gasteiger partial charge < -0.3 is 16.8 Å². The van der Waals surface area contributed by atoms with Crippen molar-refractivity contribution >= 4 is 23.3 Å². The molecule has 1 aliphatic heterocycles. The van der Waals surface area contributed by atoms with Crippen molar-refractivity contribution in [3.8, 4) is 29.5 Å². The number of nitriles is 3. The standard InChI is InChI=1S/C21H14N10/c22-8-14-17(25)16-18(29-21(28-10-24)31-20(16)30-19(14)26)12-5-3-11(4-6-12)13-2-1-7-27-15(13)9-23/h1-7,18H,(H6,25,26,28,29,30,31). The summed E-state index contributed by atoms with van der Waals surface area (Å²) in [7, 11) is 0. The molecule has 2 aromatic heterocycles. The van der Waals surface area contributed by atoms with Crippen LogP contribution >= 0.6 is 0 Å². The molecule has 1 aliphatic rings. The first-order chi connectivity index (χ1) is 15.1. The zero-order valence-corrected chi connectivity index (χ0v) is 16.0. The lowest BCUT2D eigenvalue weighted by atomic mass is 9.93. The molecular formula is C21H14N10. The van der Waals surface area contributed by atoms with Crippen LogP contribution in [-0.4, -0.2) is 15.9 Å². The zero-order valence-electron chi connectivity index (χ0n) is 16.0. The predicted molar refractivity (Wildman–Crippen MR) is 114 cm³/mol. The first-order valence-corrected chi connectivity index (χ1v) is 9.01. The number of aliphatic imine (C=N–C) groups is 1. The lowest BCUT2D eigenvalue weighted by molar-refractivity contribution is 0.847. The maximum absolute atomic E-state index is 9.41. The zero-order chi connectivity index (χ0) is 22.0. The minimum absolute atomic E-state index is 0.0147. The number of aromatic nitrogens is 2. The fraction of sp³-hybridized carbons (Fsp3) is 0.0476. The van der Waals surface area contributed by atoms with E-state index in [9.17, 15) is 10.5 Å². The van der Waals surface area contributed by atoms with E-state index in [4.69, 9.17) is 16.7 Å². The van der Waals surface area contributed by atoms with E-state index in [1.165, 1.54) is 0 Å². The van der Waals surface area contributed by atoms with Crippen molar-refractivity contribution in [1.82, 2.24) is 15.3 Å². The van der Waals surface area contributed by atoms with E-state index in [0.29, 0.717) is 22.6 Å². The molecule has 0 saturated carbocycles. The highest BCUT2D eigenvalue weighted by Crippen LogP contribution is 2.40. The van der Waals surface area contributed by atoms with Gasteiger partial charge in [-0.05, 0) is 23.3 Å². The lowest BCUT2D eigenvalue weighted by Gasteiger charge is -2.26. The highest BCUT2D eigenvalue weighted by atomic mass is 15.2. The second-order valence-electron chi connectivity index (χ2n) is 6.54. The molecule has 0 aliphatic carbocycles. The lowest BCUT2D eigenvalue weighted by Crippen LogP contribution is -2.32. The Hall–Kier alpha value is -5.14. The van der Waals surface area contributed by atoms with E-state index in [1.807, 2.05) is 42.6 Å². The van der Waals surface area contributed by atoms with Crippen molar-refractivity contribution in [3.63, 3.8) is 0 Å². The number of rotatable bonds is 2. The Kier molecular flexibility index (Phi) is 4.77. The summed E-state index contributed by atoms with van der Waals surface area (Å²) in [5.41, 5.74) is 15.4. The quantitative estimate of drug-likeness (QED) is 0.364. The minimum atomic E-state index is -0.634. The molecule has 0 amide bonds. The third kappa shape index (κ3) is 3.29. The molecule has 1 unspecified atom stereocenters. The van der Waals surface area contributed by atoms with Crippen molar-refractivity contribution in [1.29, 1.82) is 15.8 Å². The SMILES string of the molecule is N#CNC1=NC(c2ccc(-c3cccnc3C#N)cc2)c2c(nc(N)c(C#N)c2N)N1. The maximum Gasteiger partial charge on any atom is 0.211 e. The summed E-state index contributed by atoms with van der Waals surface area (Å²) in [4.78, 5) is 12.8. The molecule has 148 valence electrons. The van der Waals surface area contributed by atoms with Crippen LogP contribution in [-0.2, 0) is 0 Å². The van der Waals surface area contributed by atoms with Crippen LogP contribution < -0.4 is 22.1 Å². The number of fused-ring (bicyclic) bond motifs is 1. The number of pyridine rings is 2. The normalized spacial score (nSPS) is 14.1. The van der Waals surface area contributed by atoms with E-state index >= 15 is 0 Å². The molecule has 31 heavy (non-hydrogen) atoms. The first kappa shape index (κ1) is 19.2. The third-order valence-electron chi connectivity index (χ3n) is 4.81. The molecule has 10 heteroatoms. The molecule has 0 spiro atoms. The van der Waals surface area contributed by atoms with Gasteiger partial charge in [-0.1, -0.05) is 24.3 Å². The molecule has 3 heterocycles. The molecule has 0 fully saturated rings. The number of guanidine groups is 1. The smallest absolute Gasteiger partial charge is 0.211 e. The van der Waals surface area contributed by atoms with Gasteiger partial charge in [-0.3, -0.25) is 5.32 Å². The summed E-state index contributed by atoms with van der Waals surface area (Å²) in [6, 6.07) is 14.3. The van der Waals surface area contributed by atoms with E-state index in [0.717, 1.165) is 11.1 Å². The predicted octanol–water partition coefficient (Wildman–Crippen LogP) is 1.99. The monoisotopic (exact) mass is 406 g/mol. The van der Waals surface area contributed by atoms with Crippen LogP contribution in [0.25, 0.3) is 11.1 Å². The molecule has 0 bridgehead atoms. The minimum Gasteiger partial charge on any atom is -0.397 e. The van der Waals surface area contributed by atoms with Gasteiger partial charge >= 0.3 is 0 Å². The van der Waals surface area contributed by atoms with Crippen molar-refractivity contribution in [2.75, 3.05) is 16.8 Å². The van der Waals surface area contributed by atoms with Crippen LogP contribution in [0, 0.1) is 34.1 Å². The first-order valence-electron chi connectivity index (χ1n) is 9.01. The summed E-state index contributed by atoms with van der Waals surface area (Å²) in [5, 5.41) is 33.0. The Labute approximate surface area is 177 Å². The van der Waals surface area contributed by atoms with Crippen LogP contribution in [0.3, 0.4) is 0 Å². The third-order valence-corrected chi connectivity index (χ3v) is 4.81. The Morgan fingerprint density at radius 3 is 2.48 bits per heavy atom. The maximum atomic E-state index is 9.41. The van der Waals surface area contributed by atoms with Crippen molar-refractivity contribution < 1.29 is 0 Å². The molecule has 10 nitrogen and oxygen atoms in total. The number of nitrogens with two attached hydrogens (primary N) is 2. The van der Waals surface area contributed by atoms with Gasteiger partial charge in [-0.2, -0.15) is 15.8 Å². The number of hydrogen-bond donors (Lipinski definition) is 4. The van der Waals surface area contributed by atoms with Crippen LogP contribution in [0.4, 0.5) is 17.3 Å². The summed E-state index contributed by atoms with van der Waals surface area (Å²) in [6.07, 6.45) is 3.38. The second-order valence-corrected chi connectivity index (χ2v) is 6.54. The molecule has 3 aromatic rings. The van der Waals surface area contributed by atoms with Crippen molar-refractivity contribution in [3.05, 3.63) is 65.0 Å². The van der Waals surface area contributed by atoms with Gasteiger partial charge in [0.2, 0.25) is 5.96 Å². The number of anilines is 3. The molecule has 1 atom stereocenters. The molecule has 1 aromatic carbocycles. The van der Waals surface area contributed by atoms with Gasteiger partial charge in [0.15, 0.2) is 6.19 Å². The van der Waals surface area contributed by atoms with Gasteiger partial charge in [0.05, 0.1) is 5.69 Å². The average molecular weight is 406 g/mol. The van der Waals surface area contributed by atoms with Gasteiger partial charge in [-0.15, -0.1) is 0 Å². The average Bonchev–Trinajstić information content (AvgIpc) is 2.79. The van der Waals surface area contributed by atoms with Crippen LogP contribution in [0.1, 0.15) is 28.4 Å². The fourth-order valence-corrected chi connectivity index (χ4v) is 3.39. The Morgan fingerprint density at radius 2 is 1.81 bits per heavy atom. The Morgan fingerprint density at radius 1 is 1.03 bits per heavy atom. The fourth-order valence-electron chi connectivity index (χ4n) is 3.39. The Balaban J connectivity index is 1.83. The number of nitrogens with zero attached hydrogens (tertiary/aromatic N) is 6. The second kappa shape index (κ2) is 7.70. The van der Waals surface area contributed by atoms with Gasteiger partial charge in [0.25, 0.3) is 0 Å². The van der Waals surface area contributed by atoms with Crippen molar-refractivity contribution in [2.24, 2.45) is 4.99 Å². The van der Waals surface area contributed by atoms with E-state index in [1.54, 1.807) is 12.3 Å². The molecule has 6 N–H and O–H groups in total. The highest BCUT2D eigenvalue weighted by molar-refractivity contribution is 5.98. The van der Waals surface area contributed by atoms with Crippen LogP contribution in [0.5, 0.6) is 0 Å². The van der Waals surface area contributed by atoms with E-state index < -0.39 is 6.04 Å². The topological polar surface area (TPSA) is 186 Å². The van der Waals surface area contributed by atoms with Gasteiger partial charge in [-0.25, -0.2) is 15.0 Å². The largest absolute Gasteiger partial charge is 0.397 e. The van der Waals surface area contributed by atoms with Gasteiger partial charge in [0.1, 0.15) is 41.1 Å². The summed E-state index contributed by atoms with van der Waals surface area (Å²) in [6.45, 7) is 0. The van der Waals surface area contributed by atoms with Crippen molar-refractivity contribution in [2.45, 2.75) is 6.04 Å². The number of nitrogen functional groups attached to an aromatic ring is 2. The van der Waals surface area contributed by atoms with Crippen LogP contribution in [0.15, 0.2) is 47.6 Å². The number of hydrogen-bond acceptors (Lipinski definition) is 10. The summed E-state index contributed by atoms with van der Waals surface area (Å²) < 4.78 is 0. The Bertz CT molecular complexity index is 1340. The summed E-state index contributed by atoms with van der Waals surface area (Å²) in [5.74, 6) is 0.480. The molecular weight excluding hydrogens is 392 g/mol. The number of benzene rings is 1. The van der Waals surface area contributed by atoms with E-state index in [2.05, 4.69) is 31.7 Å². The molecule has 0 saturated heterocycles. The van der Waals surface area contributed by atoms with Gasteiger partial charge in [0, 0.05) is 17.3 Å².